The minimum Gasteiger partial charge on any atom is -0.481 e. The standard InChI is InChI=1S/C11H14O2S/c1-7-4-5-8(14-7)11(9(12)13)6-10(11,2)3/h4-5H,6H2,1-3H3,(H,12,13). The molecule has 0 radical (unpaired) electrons. The highest BCUT2D eigenvalue weighted by atomic mass is 32.1. The Morgan fingerprint density at radius 3 is 2.36 bits per heavy atom. The lowest BCUT2D eigenvalue weighted by Crippen LogP contribution is -2.24. The molecule has 0 aromatic carbocycles. The van der Waals surface area contributed by atoms with Crippen LogP contribution < -0.4 is 0 Å². The summed E-state index contributed by atoms with van der Waals surface area (Å²) in [4.78, 5) is 13.5. The fourth-order valence-corrected chi connectivity index (χ4v) is 3.40. The van der Waals surface area contributed by atoms with Crippen LogP contribution in [0.1, 0.15) is 30.0 Å². The largest absolute Gasteiger partial charge is 0.481 e. The van der Waals surface area contributed by atoms with Crippen LogP contribution >= 0.6 is 11.3 Å². The molecule has 0 saturated heterocycles. The van der Waals surface area contributed by atoms with Gasteiger partial charge in [-0.2, -0.15) is 0 Å². The second-order valence-corrected chi connectivity index (χ2v) is 5.97. The number of aryl methyl sites for hydroxylation is 1. The summed E-state index contributed by atoms with van der Waals surface area (Å²) in [5.74, 6) is -0.677. The molecule has 1 aromatic rings. The van der Waals surface area contributed by atoms with Gasteiger partial charge < -0.3 is 5.11 Å². The molecular formula is C11H14O2S. The van der Waals surface area contributed by atoms with E-state index in [-0.39, 0.29) is 5.41 Å². The molecule has 2 nitrogen and oxygen atoms in total. The third-order valence-corrected chi connectivity index (χ3v) is 4.43. The highest BCUT2D eigenvalue weighted by Crippen LogP contribution is 2.65. The molecule has 1 aliphatic rings. The second-order valence-electron chi connectivity index (χ2n) is 4.68. The van der Waals surface area contributed by atoms with Crippen molar-refractivity contribution in [2.24, 2.45) is 5.41 Å². The van der Waals surface area contributed by atoms with Gasteiger partial charge in [0.05, 0.1) is 0 Å². The Morgan fingerprint density at radius 1 is 1.50 bits per heavy atom. The highest BCUT2D eigenvalue weighted by molar-refractivity contribution is 7.12. The Labute approximate surface area is 87.6 Å². The van der Waals surface area contributed by atoms with Crippen molar-refractivity contribution in [3.05, 3.63) is 21.9 Å². The summed E-state index contributed by atoms with van der Waals surface area (Å²) >= 11 is 1.61. The van der Waals surface area contributed by atoms with Crippen molar-refractivity contribution in [1.82, 2.24) is 0 Å². The molecule has 0 spiro atoms. The van der Waals surface area contributed by atoms with Crippen LogP contribution in [0.2, 0.25) is 0 Å². The number of hydrogen-bond donors (Lipinski definition) is 1. The molecule has 0 aliphatic heterocycles. The molecule has 1 N–H and O–H groups in total. The minimum absolute atomic E-state index is 0.0872. The molecule has 1 heterocycles. The van der Waals surface area contributed by atoms with E-state index in [1.54, 1.807) is 11.3 Å². The van der Waals surface area contributed by atoms with Gasteiger partial charge in [-0.25, -0.2) is 0 Å². The molecule has 1 atom stereocenters. The van der Waals surface area contributed by atoms with Crippen LogP contribution in [0.3, 0.4) is 0 Å². The maximum Gasteiger partial charge on any atom is 0.315 e. The van der Waals surface area contributed by atoms with E-state index in [2.05, 4.69) is 0 Å². The molecular weight excluding hydrogens is 196 g/mol. The highest BCUT2D eigenvalue weighted by Gasteiger charge is 2.68. The van der Waals surface area contributed by atoms with Crippen molar-refractivity contribution >= 4 is 17.3 Å². The van der Waals surface area contributed by atoms with Crippen molar-refractivity contribution < 1.29 is 9.90 Å². The van der Waals surface area contributed by atoms with Gasteiger partial charge in [-0.05, 0) is 30.9 Å². The molecule has 1 unspecified atom stereocenters. The number of carboxylic acids is 1. The fourth-order valence-electron chi connectivity index (χ4n) is 2.17. The number of carboxylic acid groups (broad SMARTS) is 1. The number of aliphatic carboxylic acids is 1. The number of rotatable bonds is 2. The van der Waals surface area contributed by atoms with E-state index in [1.165, 1.54) is 4.88 Å². The smallest absolute Gasteiger partial charge is 0.315 e. The predicted molar refractivity (Wildman–Crippen MR) is 56.8 cm³/mol. The minimum atomic E-state index is -0.677. The third kappa shape index (κ3) is 1.05. The maximum absolute atomic E-state index is 11.3. The van der Waals surface area contributed by atoms with Crippen LogP contribution in [0.5, 0.6) is 0 Å². The van der Waals surface area contributed by atoms with E-state index in [1.807, 2.05) is 32.9 Å². The summed E-state index contributed by atoms with van der Waals surface area (Å²) in [5.41, 5.74) is -0.692. The molecule has 0 amide bonds. The molecule has 76 valence electrons. The number of carbonyl (C=O) groups is 1. The summed E-state index contributed by atoms with van der Waals surface area (Å²) in [7, 11) is 0. The van der Waals surface area contributed by atoms with Gasteiger partial charge in [0.15, 0.2) is 0 Å². The van der Waals surface area contributed by atoms with E-state index >= 15 is 0 Å². The normalized spacial score (nSPS) is 28.8. The summed E-state index contributed by atoms with van der Waals surface area (Å²) in [6, 6.07) is 3.96. The zero-order chi connectivity index (χ0) is 10.6. The molecule has 14 heavy (non-hydrogen) atoms. The van der Waals surface area contributed by atoms with Crippen LogP contribution in [0.25, 0.3) is 0 Å². The summed E-state index contributed by atoms with van der Waals surface area (Å²) in [5, 5.41) is 9.31. The fraction of sp³-hybridized carbons (Fsp3) is 0.545. The van der Waals surface area contributed by atoms with E-state index < -0.39 is 11.4 Å². The first-order valence-electron chi connectivity index (χ1n) is 4.70. The first kappa shape index (κ1) is 9.71. The van der Waals surface area contributed by atoms with Gasteiger partial charge in [-0.15, -0.1) is 11.3 Å². The predicted octanol–water partition coefficient (Wildman–Crippen LogP) is 2.81. The third-order valence-electron chi connectivity index (χ3n) is 3.26. The van der Waals surface area contributed by atoms with Gasteiger partial charge in [-0.1, -0.05) is 13.8 Å². The number of thiophene rings is 1. The van der Waals surface area contributed by atoms with Crippen LogP contribution in [0.4, 0.5) is 0 Å². The first-order chi connectivity index (χ1) is 6.40. The Morgan fingerprint density at radius 2 is 2.07 bits per heavy atom. The lowest BCUT2D eigenvalue weighted by Gasteiger charge is -2.13. The van der Waals surface area contributed by atoms with Crippen LogP contribution in [0.15, 0.2) is 12.1 Å². The monoisotopic (exact) mass is 210 g/mol. The van der Waals surface area contributed by atoms with Crippen molar-refractivity contribution in [2.45, 2.75) is 32.6 Å². The van der Waals surface area contributed by atoms with Gasteiger partial charge in [0.2, 0.25) is 0 Å². The van der Waals surface area contributed by atoms with Gasteiger partial charge in [0, 0.05) is 9.75 Å². The topological polar surface area (TPSA) is 37.3 Å². The quantitative estimate of drug-likeness (QED) is 0.815. The van der Waals surface area contributed by atoms with Crippen molar-refractivity contribution in [3.8, 4) is 0 Å². The summed E-state index contributed by atoms with van der Waals surface area (Å²) in [6.45, 7) is 6.06. The lowest BCUT2D eigenvalue weighted by atomic mass is 9.94. The Balaban J connectivity index is 2.46. The van der Waals surface area contributed by atoms with Gasteiger partial charge >= 0.3 is 5.97 Å². The van der Waals surface area contributed by atoms with Gasteiger partial charge in [0.25, 0.3) is 0 Å². The molecule has 1 aromatic heterocycles. The molecule has 2 rings (SSSR count). The zero-order valence-corrected chi connectivity index (χ0v) is 9.44. The Kier molecular flexibility index (Phi) is 1.80. The van der Waals surface area contributed by atoms with E-state index in [0.29, 0.717) is 0 Å². The van der Waals surface area contributed by atoms with Crippen molar-refractivity contribution in [3.63, 3.8) is 0 Å². The number of hydrogen-bond acceptors (Lipinski definition) is 2. The van der Waals surface area contributed by atoms with Crippen LogP contribution in [-0.2, 0) is 10.2 Å². The second kappa shape index (κ2) is 2.60. The summed E-state index contributed by atoms with van der Waals surface area (Å²) < 4.78 is 0. The van der Waals surface area contributed by atoms with Crippen molar-refractivity contribution in [1.29, 1.82) is 0 Å². The average Bonchev–Trinajstić information content (AvgIpc) is 2.44. The zero-order valence-electron chi connectivity index (χ0n) is 8.63. The van der Waals surface area contributed by atoms with Crippen molar-refractivity contribution in [2.75, 3.05) is 0 Å². The van der Waals surface area contributed by atoms with E-state index in [0.717, 1.165) is 11.3 Å². The Hall–Kier alpha value is -0.830. The van der Waals surface area contributed by atoms with E-state index in [4.69, 9.17) is 0 Å². The average molecular weight is 210 g/mol. The van der Waals surface area contributed by atoms with Gasteiger partial charge in [-0.3, -0.25) is 4.79 Å². The molecule has 1 fully saturated rings. The summed E-state index contributed by atoms with van der Waals surface area (Å²) in [6.07, 6.45) is 0.759. The molecule has 0 bridgehead atoms. The molecule has 1 aliphatic carbocycles. The molecule has 3 heteroatoms. The van der Waals surface area contributed by atoms with Crippen LogP contribution in [-0.4, -0.2) is 11.1 Å². The SMILES string of the molecule is Cc1ccc(C2(C(=O)O)CC2(C)C)s1. The molecule has 1 saturated carbocycles. The lowest BCUT2D eigenvalue weighted by molar-refractivity contribution is -0.140. The Bertz CT molecular complexity index is 392. The maximum atomic E-state index is 11.3. The van der Waals surface area contributed by atoms with Gasteiger partial charge in [0.1, 0.15) is 5.41 Å². The van der Waals surface area contributed by atoms with Crippen LogP contribution in [0, 0.1) is 12.3 Å². The van der Waals surface area contributed by atoms with E-state index in [9.17, 15) is 9.90 Å². The first-order valence-corrected chi connectivity index (χ1v) is 5.52.